The Labute approximate surface area is 107 Å². The van der Waals surface area contributed by atoms with Crippen LogP contribution in [0.2, 0.25) is 0 Å². The Bertz CT molecular complexity index is 690. The molecule has 0 amide bonds. The minimum Gasteiger partial charge on any atom is -0.431 e. The molecular weight excluding hydrogens is 250 g/mol. The molecule has 0 saturated heterocycles. The van der Waals surface area contributed by atoms with Crippen molar-refractivity contribution in [1.82, 2.24) is 20.0 Å². The summed E-state index contributed by atoms with van der Waals surface area (Å²) in [5, 5.41) is 9.28. The number of nitrogen functional groups attached to an aromatic ring is 1. The quantitative estimate of drug-likeness (QED) is 0.727. The van der Waals surface area contributed by atoms with Crippen LogP contribution >= 0.6 is 11.8 Å². The van der Waals surface area contributed by atoms with Crippen LogP contribution in [0.25, 0.3) is 11.1 Å². The molecule has 0 radical (unpaired) electrons. The summed E-state index contributed by atoms with van der Waals surface area (Å²) in [6, 6.07) is 5.40. The maximum Gasteiger partial charge on any atom is 0.263 e. The molecule has 2 N–H and O–H groups in total. The van der Waals surface area contributed by atoms with E-state index in [0.29, 0.717) is 10.9 Å². The number of aryl methyl sites for hydroxylation is 1. The number of anilines is 1. The van der Waals surface area contributed by atoms with Gasteiger partial charge >= 0.3 is 0 Å². The van der Waals surface area contributed by atoms with E-state index in [-0.39, 0.29) is 0 Å². The van der Waals surface area contributed by atoms with E-state index >= 15 is 0 Å². The van der Waals surface area contributed by atoms with Gasteiger partial charge in [0.2, 0.25) is 0 Å². The van der Waals surface area contributed by atoms with Crippen LogP contribution in [0.15, 0.2) is 39.1 Å². The normalized spacial score (nSPS) is 11.2. The fraction of sp³-hybridized carbons (Fsp3) is 0.182. The van der Waals surface area contributed by atoms with Gasteiger partial charge in [-0.2, -0.15) is 0 Å². The maximum atomic E-state index is 5.70. The highest BCUT2D eigenvalue weighted by Crippen LogP contribution is 2.29. The number of hydrogen-bond donors (Lipinski definition) is 1. The molecule has 3 aromatic rings. The Morgan fingerprint density at radius 2 is 2.33 bits per heavy atom. The molecule has 7 heteroatoms. The van der Waals surface area contributed by atoms with Crippen molar-refractivity contribution in [2.24, 2.45) is 0 Å². The average molecular weight is 261 g/mol. The molecule has 6 nitrogen and oxygen atoms in total. The molecule has 0 saturated carbocycles. The highest BCUT2D eigenvalue weighted by Gasteiger charge is 2.11. The largest absolute Gasteiger partial charge is 0.431 e. The molecule has 3 rings (SSSR count). The first kappa shape index (κ1) is 11.1. The van der Waals surface area contributed by atoms with E-state index in [4.69, 9.17) is 10.2 Å². The third-order valence-corrected chi connectivity index (χ3v) is 3.34. The number of rotatable bonds is 3. The average Bonchev–Trinajstić information content (AvgIpc) is 2.94. The van der Waals surface area contributed by atoms with Crippen LogP contribution < -0.4 is 5.73 Å². The molecule has 92 valence electrons. The molecule has 0 spiro atoms. The van der Waals surface area contributed by atoms with Gasteiger partial charge in [0.25, 0.3) is 5.22 Å². The smallest absolute Gasteiger partial charge is 0.263 e. The van der Waals surface area contributed by atoms with Gasteiger partial charge in [-0.15, -0.1) is 5.10 Å². The molecule has 0 fully saturated rings. The van der Waals surface area contributed by atoms with Crippen LogP contribution in [0.1, 0.15) is 6.92 Å². The highest BCUT2D eigenvalue weighted by atomic mass is 32.2. The number of fused-ring (bicyclic) bond motifs is 1. The lowest BCUT2D eigenvalue weighted by Gasteiger charge is -1.97. The van der Waals surface area contributed by atoms with E-state index < -0.39 is 0 Å². The summed E-state index contributed by atoms with van der Waals surface area (Å²) in [6.07, 6.45) is 1.69. The lowest BCUT2D eigenvalue weighted by Crippen LogP contribution is -1.97. The third-order valence-electron chi connectivity index (χ3n) is 2.47. The van der Waals surface area contributed by atoms with E-state index in [1.165, 1.54) is 11.8 Å². The molecule has 2 aromatic heterocycles. The van der Waals surface area contributed by atoms with Crippen molar-refractivity contribution in [1.29, 1.82) is 0 Å². The zero-order chi connectivity index (χ0) is 12.5. The predicted octanol–water partition coefficient (Wildman–Crippen LogP) is 2.17. The fourth-order valence-electron chi connectivity index (χ4n) is 1.60. The van der Waals surface area contributed by atoms with Gasteiger partial charge in [-0.05, 0) is 36.9 Å². The Kier molecular flexibility index (Phi) is 2.67. The molecular formula is C11H11N5OS. The minimum absolute atomic E-state index is 0.563. The van der Waals surface area contributed by atoms with Crippen LogP contribution in [0.5, 0.6) is 0 Å². The van der Waals surface area contributed by atoms with Crippen molar-refractivity contribution < 1.29 is 4.42 Å². The number of oxazole rings is 1. The summed E-state index contributed by atoms with van der Waals surface area (Å²) < 4.78 is 7.41. The van der Waals surface area contributed by atoms with E-state index in [1.54, 1.807) is 23.0 Å². The summed E-state index contributed by atoms with van der Waals surface area (Å²) in [5.74, 6) is 0. The lowest BCUT2D eigenvalue weighted by molar-refractivity contribution is 0.487. The minimum atomic E-state index is 0.563. The van der Waals surface area contributed by atoms with Crippen LogP contribution in [0.4, 0.5) is 5.69 Å². The Balaban J connectivity index is 1.95. The topological polar surface area (TPSA) is 82.8 Å². The van der Waals surface area contributed by atoms with E-state index in [9.17, 15) is 0 Å². The van der Waals surface area contributed by atoms with Gasteiger partial charge in [0.1, 0.15) is 10.5 Å². The summed E-state index contributed by atoms with van der Waals surface area (Å²) in [4.78, 5) is 4.37. The SMILES string of the molecule is CCn1nncc1Sc1nc2cc(N)ccc2o1. The lowest BCUT2D eigenvalue weighted by atomic mass is 10.3. The molecule has 0 unspecified atom stereocenters. The van der Waals surface area contributed by atoms with Crippen molar-refractivity contribution in [3.05, 3.63) is 24.4 Å². The molecule has 1 aromatic carbocycles. The molecule has 18 heavy (non-hydrogen) atoms. The van der Waals surface area contributed by atoms with E-state index in [1.807, 2.05) is 13.0 Å². The zero-order valence-corrected chi connectivity index (χ0v) is 10.5. The fourth-order valence-corrected chi connectivity index (χ4v) is 2.43. The number of nitrogens with zero attached hydrogens (tertiary/aromatic N) is 4. The summed E-state index contributed by atoms with van der Waals surface area (Å²) in [7, 11) is 0. The summed E-state index contributed by atoms with van der Waals surface area (Å²) in [5.41, 5.74) is 7.86. The molecule has 0 bridgehead atoms. The second-order valence-corrected chi connectivity index (χ2v) is 4.67. The van der Waals surface area contributed by atoms with Crippen LogP contribution in [-0.4, -0.2) is 20.0 Å². The van der Waals surface area contributed by atoms with Gasteiger partial charge in [0.15, 0.2) is 5.58 Å². The van der Waals surface area contributed by atoms with Gasteiger partial charge in [0, 0.05) is 12.2 Å². The van der Waals surface area contributed by atoms with E-state index in [2.05, 4.69) is 15.3 Å². The molecule has 0 aliphatic rings. The van der Waals surface area contributed by atoms with Gasteiger partial charge in [-0.3, -0.25) is 0 Å². The van der Waals surface area contributed by atoms with Crippen molar-refractivity contribution >= 4 is 28.5 Å². The Morgan fingerprint density at radius 3 is 3.17 bits per heavy atom. The van der Waals surface area contributed by atoms with Crippen LogP contribution in [-0.2, 0) is 6.54 Å². The maximum absolute atomic E-state index is 5.70. The first-order valence-electron chi connectivity index (χ1n) is 5.48. The van der Waals surface area contributed by atoms with Gasteiger partial charge in [0.05, 0.1) is 6.20 Å². The second-order valence-electron chi connectivity index (χ2n) is 3.70. The Hall–Kier alpha value is -2.02. The number of nitrogens with two attached hydrogens (primary N) is 1. The standard InChI is InChI=1S/C11H11N5OS/c1-2-16-10(6-13-15-16)18-11-14-8-5-7(12)3-4-9(8)17-11/h3-6H,2,12H2,1H3. The number of aromatic nitrogens is 4. The van der Waals surface area contributed by atoms with Crippen LogP contribution in [0, 0.1) is 0 Å². The molecule has 0 aliphatic carbocycles. The van der Waals surface area contributed by atoms with Crippen molar-refractivity contribution in [2.45, 2.75) is 23.7 Å². The zero-order valence-electron chi connectivity index (χ0n) is 9.70. The van der Waals surface area contributed by atoms with Gasteiger partial charge in [-0.1, -0.05) is 5.21 Å². The van der Waals surface area contributed by atoms with Crippen molar-refractivity contribution in [2.75, 3.05) is 5.73 Å². The van der Waals surface area contributed by atoms with Crippen molar-refractivity contribution in [3.8, 4) is 0 Å². The first-order valence-corrected chi connectivity index (χ1v) is 6.30. The van der Waals surface area contributed by atoms with Gasteiger partial charge < -0.3 is 10.2 Å². The second kappa shape index (κ2) is 4.34. The van der Waals surface area contributed by atoms with Gasteiger partial charge in [-0.25, -0.2) is 9.67 Å². The summed E-state index contributed by atoms with van der Waals surface area (Å²) >= 11 is 1.40. The molecule has 2 heterocycles. The molecule has 0 aliphatic heterocycles. The highest BCUT2D eigenvalue weighted by molar-refractivity contribution is 7.99. The number of hydrogen-bond acceptors (Lipinski definition) is 6. The predicted molar refractivity (Wildman–Crippen MR) is 68.2 cm³/mol. The molecule has 0 atom stereocenters. The van der Waals surface area contributed by atoms with Crippen LogP contribution in [0.3, 0.4) is 0 Å². The first-order chi connectivity index (χ1) is 8.76. The summed E-state index contributed by atoms with van der Waals surface area (Å²) in [6.45, 7) is 2.76. The number of benzene rings is 1. The van der Waals surface area contributed by atoms with E-state index in [0.717, 1.165) is 22.7 Å². The van der Waals surface area contributed by atoms with Crippen molar-refractivity contribution in [3.63, 3.8) is 0 Å². The monoisotopic (exact) mass is 261 g/mol. The Morgan fingerprint density at radius 1 is 1.44 bits per heavy atom. The third kappa shape index (κ3) is 1.92.